The number of hydrogen-bond acceptors (Lipinski definition) is 4. The van der Waals surface area contributed by atoms with Crippen LogP contribution in [-0.4, -0.2) is 24.8 Å². The van der Waals surface area contributed by atoms with Crippen molar-refractivity contribution in [3.63, 3.8) is 0 Å². The first kappa shape index (κ1) is 13.4. The molecule has 1 aromatic carbocycles. The summed E-state index contributed by atoms with van der Waals surface area (Å²) in [6, 6.07) is 3.63. The lowest BCUT2D eigenvalue weighted by Gasteiger charge is -2.11. The topological polar surface area (TPSA) is 55.8 Å². The second-order valence-corrected chi connectivity index (χ2v) is 3.88. The molecule has 0 saturated heterocycles. The van der Waals surface area contributed by atoms with Gasteiger partial charge in [-0.1, -0.05) is 6.07 Å². The normalized spacial score (nSPS) is 10.1. The van der Waals surface area contributed by atoms with E-state index in [1.165, 1.54) is 7.11 Å². The zero-order chi connectivity index (χ0) is 12.8. The minimum absolute atomic E-state index is 0.239. The van der Waals surface area contributed by atoms with Crippen molar-refractivity contribution < 1.29 is 19.4 Å². The molecule has 1 N–H and O–H groups in total. The molecule has 0 unspecified atom stereocenters. The van der Waals surface area contributed by atoms with E-state index in [0.717, 1.165) is 11.1 Å². The van der Waals surface area contributed by atoms with Gasteiger partial charge in [-0.25, -0.2) is 0 Å². The molecule has 0 atom stereocenters. The Morgan fingerprint density at radius 3 is 2.71 bits per heavy atom. The number of esters is 1. The lowest BCUT2D eigenvalue weighted by atomic mass is 10.1. The molecule has 4 nitrogen and oxygen atoms in total. The molecule has 0 amide bonds. The van der Waals surface area contributed by atoms with E-state index < -0.39 is 0 Å². The Balaban J connectivity index is 2.47. The first-order valence-electron chi connectivity index (χ1n) is 5.55. The van der Waals surface area contributed by atoms with Gasteiger partial charge in [0.05, 0.1) is 13.7 Å². The molecular formula is C13H18O4. The second-order valence-electron chi connectivity index (χ2n) is 3.88. The van der Waals surface area contributed by atoms with Crippen LogP contribution in [0.3, 0.4) is 0 Å². The Labute approximate surface area is 101 Å². The highest BCUT2D eigenvalue weighted by Gasteiger charge is 2.07. The van der Waals surface area contributed by atoms with Crippen molar-refractivity contribution in [1.82, 2.24) is 0 Å². The predicted molar refractivity (Wildman–Crippen MR) is 64.3 cm³/mol. The summed E-state index contributed by atoms with van der Waals surface area (Å²) in [7, 11) is 1.37. The first-order chi connectivity index (χ1) is 8.06. The van der Waals surface area contributed by atoms with Crippen molar-refractivity contribution in [1.29, 1.82) is 0 Å². The third kappa shape index (κ3) is 3.66. The molecule has 94 valence electrons. The van der Waals surface area contributed by atoms with Crippen molar-refractivity contribution in [2.24, 2.45) is 0 Å². The summed E-state index contributed by atoms with van der Waals surface area (Å²) in [6.45, 7) is 4.07. The standard InChI is InChI=1S/C13H18O4/c1-9-6-7-11(10(2)13(9)15)17-8-4-5-12(14)16-3/h6-7,15H,4-5,8H2,1-3H3. The third-order valence-electron chi connectivity index (χ3n) is 2.59. The van der Waals surface area contributed by atoms with Crippen LogP contribution in [0.15, 0.2) is 12.1 Å². The number of aromatic hydroxyl groups is 1. The van der Waals surface area contributed by atoms with Crippen molar-refractivity contribution in [2.75, 3.05) is 13.7 Å². The highest BCUT2D eigenvalue weighted by Crippen LogP contribution is 2.29. The maximum atomic E-state index is 10.9. The Hall–Kier alpha value is -1.71. The van der Waals surface area contributed by atoms with Crippen LogP contribution in [0.1, 0.15) is 24.0 Å². The molecule has 4 heteroatoms. The number of rotatable bonds is 5. The lowest BCUT2D eigenvalue weighted by Crippen LogP contribution is -2.05. The van der Waals surface area contributed by atoms with Gasteiger partial charge in [0, 0.05) is 12.0 Å². The van der Waals surface area contributed by atoms with E-state index in [-0.39, 0.29) is 11.7 Å². The van der Waals surface area contributed by atoms with E-state index in [4.69, 9.17) is 4.74 Å². The molecule has 1 rings (SSSR count). The van der Waals surface area contributed by atoms with Gasteiger partial charge in [0.2, 0.25) is 0 Å². The molecule has 0 aliphatic heterocycles. The maximum Gasteiger partial charge on any atom is 0.305 e. The fourth-order valence-electron chi connectivity index (χ4n) is 1.47. The lowest BCUT2D eigenvalue weighted by molar-refractivity contribution is -0.140. The van der Waals surface area contributed by atoms with Crippen molar-refractivity contribution in [2.45, 2.75) is 26.7 Å². The fourth-order valence-corrected chi connectivity index (χ4v) is 1.47. The third-order valence-corrected chi connectivity index (χ3v) is 2.59. The van der Waals surface area contributed by atoms with E-state index in [1.807, 2.05) is 13.0 Å². The molecule has 0 fully saturated rings. The van der Waals surface area contributed by atoms with Gasteiger partial charge in [0.1, 0.15) is 11.5 Å². The molecule has 0 aliphatic rings. The van der Waals surface area contributed by atoms with Crippen LogP contribution < -0.4 is 4.74 Å². The van der Waals surface area contributed by atoms with Gasteiger partial charge in [-0.05, 0) is 31.9 Å². The van der Waals surface area contributed by atoms with Crippen LogP contribution >= 0.6 is 0 Å². The molecular weight excluding hydrogens is 220 g/mol. The number of methoxy groups -OCH3 is 1. The van der Waals surface area contributed by atoms with Gasteiger partial charge < -0.3 is 14.6 Å². The van der Waals surface area contributed by atoms with Crippen LogP contribution in [-0.2, 0) is 9.53 Å². The SMILES string of the molecule is COC(=O)CCCOc1ccc(C)c(O)c1C. The monoisotopic (exact) mass is 238 g/mol. The van der Waals surface area contributed by atoms with Crippen LogP contribution in [0.2, 0.25) is 0 Å². The smallest absolute Gasteiger partial charge is 0.305 e. The molecule has 0 saturated carbocycles. The summed E-state index contributed by atoms with van der Waals surface area (Å²) in [6.07, 6.45) is 0.939. The zero-order valence-electron chi connectivity index (χ0n) is 10.4. The number of aryl methyl sites for hydroxylation is 1. The Kier molecular flexibility index (Phi) is 4.82. The quantitative estimate of drug-likeness (QED) is 0.632. The van der Waals surface area contributed by atoms with Gasteiger partial charge in [0.15, 0.2) is 0 Å². The van der Waals surface area contributed by atoms with E-state index in [9.17, 15) is 9.90 Å². The number of hydrogen-bond donors (Lipinski definition) is 1. The summed E-state index contributed by atoms with van der Waals surface area (Å²) in [5.41, 5.74) is 1.55. The number of benzene rings is 1. The van der Waals surface area contributed by atoms with Gasteiger partial charge in [-0.15, -0.1) is 0 Å². The maximum absolute atomic E-state index is 10.9. The summed E-state index contributed by atoms with van der Waals surface area (Å²) in [4.78, 5) is 10.9. The van der Waals surface area contributed by atoms with Gasteiger partial charge >= 0.3 is 5.97 Å². The largest absolute Gasteiger partial charge is 0.507 e. The minimum atomic E-state index is -0.239. The van der Waals surface area contributed by atoms with Gasteiger partial charge in [-0.2, -0.15) is 0 Å². The summed E-state index contributed by atoms with van der Waals surface area (Å²) in [5.74, 6) is 0.672. The zero-order valence-corrected chi connectivity index (χ0v) is 10.4. The van der Waals surface area contributed by atoms with Crippen molar-refractivity contribution >= 4 is 5.97 Å². The molecule has 0 aliphatic carbocycles. The summed E-state index contributed by atoms with van der Waals surface area (Å²) in [5, 5.41) is 9.72. The average Bonchev–Trinajstić information content (AvgIpc) is 2.33. The summed E-state index contributed by atoms with van der Waals surface area (Å²) >= 11 is 0. The highest BCUT2D eigenvalue weighted by atomic mass is 16.5. The molecule has 0 spiro atoms. The number of phenols is 1. The molecule has 0 heterocycles. The van der Waals surface area contributed by atoms with Crippen LogP contribution in [0.4, 0.5) is 0 Å². The predicted octanol–water partition coefficient (Wildman–Crippen LogP) is 2.34. The number of carbonyl (C=O) groups is 1. The Morgan fingerprint density at radius 2 is 2.06 bits per heavy atom. The molecule has 1 aromatic rings. The van der Waals surface area contributed by atoms with Gasteiger partial charge in [-0.3, -0.25) is 4.79 Å². The van der Waals surface area contributed by atoms with Crippen molar-refractivity contribution in [3.8, 4) is 11.5 Å². The Morgan fingerprint density at radius 1 is 1.35 bits per heavy atom. The van der Waals surface area contributed by atoms with Gasteiger partial charge in [0.25, 0.3) is 0 Å². The van der Waals surface area contributed by atoms with Crippen LogP contribution in [0.25, 0.3) is 0 Å². The van der Waals surface area contributed by atoms with Crippen LogP contribution in [0, 0.1) is 13.8 Å². The van der Waals surface area contributed by atoms with E-state index in [1.54, 1.807) is 13.0 Å². The van der Waals surface area contributed by atoms with E-state index in [2.05, 4.69) is 4.74 Å². The molecule has 0 radical (unpaired) electrons. The fraction of sp³-hybridized carbons (Fsp3) is 0.462. The Bertz CT molecular complexity index is 399. The minimum Gasteiger partial charge on any atom is -0.507 e. The first-order valence-corrected chi connectivity index (χ1v) is 5.55. The molecule has 0 bridgehead atoms. The highest BCUT2D eigenvalue weighted by molar-refractivity contribution is 5.69. The number of phenolic OH excluding ortho intramolecular Hbond substituents is 1. The molecule has 17 heavy (non-hydrogen) atoms. The van der Waals surface area contributed by atoms with E-state index in [0.29, 0.717) is 25.2 Å². The van der Waals surface area contributed by atoms with Crippen LogP contribution in [0.5, 0.6) is 11.5 Å². The molecule has 0 aromatic heterocycles. The number of ether oxygens (including phenoxy) is 2. The number of carbonyl (C=O) groups excluding carboxylic acids is 1. The average molecular weight is 238 g/mol. The summed E-state index contributed by atoms with van der Waals surface area (Å²) < 4.78 is 10.0. The van der Waals surface area contributed by atoms with Crippen molar-refractivity contribution in [3.05, 3.63) is 23.3 Å². The van der Waals surface area contributed by atoms with E-state index >= 15 is 0 Å². The second kappa shape index (κ2) is 6.13.